The van der Waals surface area contributed by atoms with Crippen LogP contribution in [0.5, 0.6) is 0 Å². The van der Waals surface area contributed by atoms with Crippen LogP contribution in [0.4, 0.5) is 4.39 Å². The number of amides is 1. The average Bonchev–Trinajstić information content (AvgIpc) is 3.32. The Labute approximate surface area is 163 Å². The molecule has 0 saturated carbocycles. The maximum atomic E-state index is 13.3. The molecule has 0 spiro atoms. The van der Waals surface area contributed by atoms with Crippen LogP contribution < -0.4 is 0 Å². The zero-order valence-corrected chi connectivity index (χ0v) is 16.5. The Morgan fingerprint density at radius 2 is 2.04 bits per heavy atom. The molecule has 1 aromatic heterocycles. The summed E-state index contributed by atoms with van der Waals surface area (Å²) in [5, 5.41) is 9.29. The fourth-order valence-corrected chi connectivity index (χ4v) is 4.01. The molecule has 1 aliphatic heterocycles. The lowest BCUT2D eigenvalue weighted by atomic mass is 10.2. The van der Waals surface area contributed by atoms with Gasteiger partial charge in [-0.3, -0.25) is 9.36 Å². The van der Waals surface area contributed by atoms with Crippen LogP contribution in [-0.4, -0.2) is 57.1 Å². The molecule has 1 fully saturated rings. The van der Waals surface area contributed by atoms with Gasteiger partial charge >= 0.3 is 0 Å². The van der Waals surface area contributed by atoms with Crippen molar-refractivity contribution in [1.29, 1.82) is 0 Å². The van der Waals surface area contributed by atoms with Crippen molar-refractivity contribution in [1.82, 2.24) is 19.7 Å². The standard InChI is InChI=1S/C19H25FN4O2S/c1-3-23(4-2)17(25)13-27-19-22-21-18(14-7-9-15(20)10-8-14)24(19)12-16-6-5-11-26-16/h7-10,16H,3-6,11-13H2,1-2H3. The van der Waals surface area contributed by atoms with Gasteiger partial charge in [-0.1, -0.05) is 11.8 Å². The number of hydrogen-bond acceptors (Lipinski definition) is 5. The maximum absolute atomic E-state index is 13.3. The lowest BCUT2D eigenvalue weighted by molar-refractivity contribution is -0.127. The van der Waals surface area contributed by atoms with E-state index < -0.39 is 0 Å². The number of aromatic nitrogens is 3. The molecule has 6 nitrogen and oxygen atoms in total. The number of ether oxygens (including phenoxy) is 1. The Kier molecular flexibility index (Phi) is 6.84. The van der Waals surface area contributed by atoms with Crippen LogP contribution in [0.1, 0.15) is 26.7 Å². The fraction of sp³-hybridized carbons (Fsp3) is 0.526. The molecule has 1 unspecified atom stereocenters. The van der Waals surface area contributed by atoms with Crippen LogP contribution >= 0.6 is 11.8 Å². The Balaban J connectivity index is 1.82. The molecule has 3 rings (SSSR count). The van der Waals surface area contributed by atoms with Crippen LogP contribution in [0.2, 0.25) is 0 Å². The molecule has 8 heteroatoms. The molecule has 0 radical (unpaired) electrons. The van der Waals surface area contributed by atoms with E-state index in [0.29, 0.717) is 36.4 Å². The molecule has 1 aromatic carbocycles. The summed E-state index contributed by atoms with van der Waals surface area (Å²) < 4.78 is 21.0. The Bertz CT molecular complexity index is 756. The number of hydrogen-bond donors (Lipinski definition) is 0. The second-order valence-corrected chi connectivity index (χ2v) is 7.36. The molecule has 2 heterocycles. The summed E-state index contributed by atoms with van der Waals surface area (Å²) >= 11 is 1.38. The molecule has 0 bridgehead atoms. The van der Waals surface area contributed by atoms with E-state index >= 15 is 0 Å². The highest BCUT2D eigenvalue weighted by Gasteiger charge is 2.22. The molecule has 1 saturated heterocycles. The summed E-state index contributed by atoms with van der Waals surface area (Å²) in [6.45, 7) is 6.72. The van der Waals surface area contributed by atoms with E-state index in [2.05, 4.69) is 10.2 Å². The number of rotatable bonds is 8. The van der Waals surface area contributed by atoms with E-state index in [-0.39, 0.29) is 17.8 Å². The quantitative estimate of drug-likeness (QED) is 0.646. The second kappa shape index (κ2) is 9.32. The van der Waals surface area contributed by atoms with Crippen molar-refractivity contribution in [3.05, 3.63) is 30.1 Å². The Hall–Kier alpha value is -1.93. The molecule has 1 atom stereocenters. The highest BCUT2D eigenvalue weighted by atomic mass is 32.2. The third-order valence-corrected chi connectivity index (χ3v) is 5.62. The number of benzene rings is 1. The van der Waals surface area contributed by atoms with E-state index in [0.717, 1.165) is 25.0 Å². The topological polar surface area (TPSA) is 60.2 Å². The first kappa shape index (κ1) is 19.8. The fourth-order valence-electron chi connectivity index (χ4n) is 3.16. The Morgan fingerprint density at radius 1 is 1.30 bits per heavy atom. The second-order valence-electron chi connectivity index (χ2n) is 6.41. The van der Waals surface area contributed by atoms with Crippen LogP contribution in [0.15, 0.2) is 29.4 Å². The molecular formula is C19H25FN4O2S. The van der Waals surface area contributed by atoms with Gasteiger partial charge in [0.25, 0.3) is 0 Å². The molecule has 1 amide bonds. The van der Waals surface area contributed by atoms with Gasteiger partial charge in [-0.2, -0.15) is 0 Å². The van der Waals surface area contributed by atoms with Gasteiger partial charge in [0.2, 0.25) is 5.91 Å². The van der Waals surface area contributed by atoms with Crippen molar-refractivity contribution in [2.24, 2.45) is 0 Å². The van der Waals surface area contributed by atoms with Crippen LogP contribution in [0, 0.1) is 5.82 Å². The van der Waals surface area contributed by atoms with E-state index in [1.165, 1.54) is 23.9 Å². The zero-order valence-electron chi connectivity index (χ0n) is 15.7. The predicted molar refractivity (Wildman–Crippen MR) is 103 cm³/mol. The summed E-state index contributed by atoms with van der Waals surface area (Å²) in [5.74, 6) is 0.779. The number of thioether (sulfide) groups is 1. The maximum Gasteiger partial charge on any atom is 0.233 e. The molecule has 27 heavy (non-hydrogen) atoms. The smallest absolute Gasteiger partial charge is 0.233 e. The van der Waals surface area contributed by atoms with Crippen molar-refractivity contribution in [3.8, 4) is 11.4 Å². The van der Waals surface area contributed by atoms with Crippen molar-refractivity contribution >= 4 is 17.7 Å². The molecule has 2 aromatic rings. The van der Waals surface area contributed by atoms with E-state index in [1.807, 2.05) is 18.4 Å². The van der Waals surface area contributed by atoms with Crippen LogP contribution in [0.25, 0.3) is 11.4 Å². The first-order chi connectivity index (χ1) is 13.1. The normalized spacial score (nSPS) is 16.6. The third kappa shape index (κ3) is 4.87. The SMILES string of the molecule is CCN(CC)C(=O)CSc1nnc(-c2ccc(F)cc2)n1CC1CCCO1. The zero-order chi connectivity index (χ0) is 19.2. The predicted octanol–water partition coefficient (Wildman–Crippen LogP) is 3.22. The van der Waals surface area contributed by atoms with Gasteiger partial charge < -0.3 is 9.64 Å². The molecule has 146 valence electrons. The minimum absolute atomic E-state index is 0.0833. The number of carbonyl (C=O) groups is 1. The summed E-state index contributed by atoms with van der Waals surface area (Å²) in [5.41, 5.74) is 0.795. The molecule has 0 aliphatic carbocycles. The van der Waals surface area contributed by atoms with E-state index in [9.17, 15) is 9.18 Å². The summed E-state index contributed by atoms with van der Waals surface area (Å²) in [7, 11) is 0. The first-order valence-electron chi connectivity index (χ1n) is 9.33. The van der Waals surface area contributed by atoms with Crippen molar-refractivity contribution in [2.45, 2.75) is 44.5 Å². The van der Waals surface area contributed by atoms with Gasteiger partial charge in [0.15, 0.2) is 11.0 Å². The summed E-state index contributed by atoms with van der Waals surface area (Å²) in [6, 6.07) is 6.22. The number of nitrogens with zero attached hydrogens (tertiary/aromatic N) is 4. The van der Waals surface area contributed by atoms with Crippen molar-refractivity contribution in [2.75, 3.05) is 25.4 Å². The van der Waals surface area contributed by atoms with Gasteiger partial charge in [-0.15, -0.1) is 10.2 Å². The first-order valence-corrected chi connectivity index (χ1v) is 10.3. The van der Waals surface area contributed by atoms with Gasteiger partial charge in [-0.25, -0.2) is 4.39 Å². The Morgan fingerprint density at radius 3 is 2.67 bits per heavy atom. The lowest BCUT2D eigenvalue weighted by Gasteiger charge is -2.18. The number of halogens is 1. The minimum Gasteiger partial charge on any atom is -0.376 e. The number of carbonyl (C=O) groups excluding carboxylic acids is 1. The monoisotopic (exact) mass is 392 g/mol. The summed E-state index contributed by atoms with van der Waals surface area (Å²) in [6.07, 6.45) is 2.14. The summed E-state index contributed by atoms with van der Waals surface area (Å²) in [4.78, 5) is 14.1. The molecule has 1 aliphatic rings. The molecule has 0 N–H and O–H groups in total. The van der Waals surface area contributed by atoms with Crippen molar-refractivity contribution in [3.63, 3.8) is 0 Å². The van der Waals surface area contributed by atoms with Gasteiger partial charge in [0, 0.05) is 25.3 Å². The largest absolute Gasteiger partial charge is 0.376 e. The lowest BCUT2D eigenvalue weighted by Crippen LogP contribution is -2.32. The average molecular weight is 393 g/mol. The van der Waals surface area contributed by atoms with E-state index in [4.69, 9.17) is 4.74 Å². The van der Waals surface area contributed by atoms with Crippen LogP contribution in [-0.2, 0) is 16.1 Å². The molecular weight excluding hydrogens is 367 g/mol. The highest BCUT2D eigenvalue weighted by molar-refractivity contribution is 7.99. The van der Waals surface area contributed by atoms with Gasteiger partial charge in [0.05, 0.1) is 18.4 Å². The van der Waals surface area contributed by atoms with Gasteiger partial charge in [0.1, 0.15) is 5.82 Å². The van der Waals surface area contributed by atoms with Crippen molar-refractivity contribution < 1.29 is 13.9 Å². The highest BCUT2D eigenvalue weighted by Crippen LogP contribution is 2.27. The van der Waals surface area contributed by atoms with Gasteiger partial charge in [-0.05, 0) is 51.0 Å². The van der Waals surface area contributed by atoms with Crippen LogP contribution in [0.3, 0.4) is 0 Å². The third-order valence-electron chi connectivity index (χ3n) is 4.67. The minimum atomic E-state index is -0.289. The van der Waals surface area contributed by atoms with E-state index in [1.54, 1.807) is 17.0 Å².